The summed E-state index contributed by atoms with van der Waals surface area (Å²) >= 11 is 0. The molecule has 4 rings (SSSR count). The van der Waals surface area contributed by atoms with Gasteiger partial charge in [0, 0.05) is 25.8 Å². The summed E-state index contributed by atoms with van der Waals surface area (Å²) in [6, 6.07) is 6.26. The summed E-state index contributed by atoms with van der Waals surface area (Å²) in [7, 11) is 1.88. The van der Waals surface area contributed by atoms with Gasteiger partial charge < -0.3 is 10.2 Å². The van der Waals surface area contributed by atoms with Crippen LogP contribution in [-0.2, 0) is 7.05 Å². The SMILES string of the molecule is C[C@@H]1C[C@@H](C)CN(c2nc(Nc3ccc(F)cc3)c3cnn(C)c3n2)C1. The van der Waals surface area contributed by atoms with Crippen LogP contribution in [0.25, 0.3) is 11.0 Å². The third-order valence-electron chi connectivity index (χ3n) is 4.84. The van der Waals surface area contributed by atoms with Crippen LogP contribution >= 0.6 is 0 Å². The summed E-state index contributed by atoms with van der Waals surface area (Å²) in [5.41, 5.74) is 1.56. The molecule has 2 atom stereocenters. The van der Waals surface area contributed by atoms with Gasteiger partial charge in [0.2, 0.25) is 5.95 Å². The van der Waals surface area contributed by atoms with Gasteiger partial charge in [-0.3, -0.25) is 4.68 Å². The molecule has 7 heteroatoms. The quantitative estimate of drug-likeness (QED) is 0.777. The van der Waals surface area contributed by atoms with Gasteiger partial charge in [-0.15, -0.1) is 0 Å². The second kappa shape index (κ2) is 6.55. The number of anilines is 3. The smallest absolute Gasteiger partial charge is 0.229 e. The van der Waals surface area contributed by atoms with Crippen molar-refractivity contribution in [3.63, 3.8) is 0 Å². The van der Waals surface area contributed by atoms with Crippen molar-refractivity contribution in [2.24, 2.45) is 18.9 Å². The second-order valence-corrected chi connectivity index (χ2v) is 7.36. The molecule has 0 saturated carbocycles. The molecule has 0 unspecified atom stereocenters. The number of benzene rings is 1. The first-order chi connectivity index (χ1) is 12.5. The highest BCUT2D eigenvalue weighted by molar-refractivity contribution is 5.89. The number of rotatable bonds is 3. The molecule has 0 spiro atoms. The maximum atomic E-state index is 13.2. The zero-order valence-electron chi connectivity index (χ0n) is 15.3. The molecule has 1 fully saturated rings. The number of nitrogens with zero attached hydrogens (tertiary/aromatic N) is 5. The highest BCUT2D eigenvalue weighted by atomic mass is 19.1. The Morgan fingerprint density at radius 2 is 1.77 bits per heavy atom. The average Bonchev–Trinajstić information content (AvgIpc) is 2.97. The van der Waals surface area contributed by atoms with E-state index in [-0.39, 0.29) is 5.82 Å². The van der Waals surface area contributed by atoms with Crippen molar-refractivity contribution in [2.45, 2.75) is 20.3 Å². The van der Waals surface area contributed by atoms with Crippen LogP contribution in [0.2, 0.25) is 0 Å². The van der Waals surface area contributed by atoms with Crippen molar-refractivity contribution >= 4 is 28.5 Å². The van der Waals surface area contributed by atoms with Gasteiger partial charge in [-0.1, -0.05) is 13.8 Å². The minimum Gasteiger partial charge on any atom is -0.340 e. The third-order valence-corrected chi connectivity index (χ3v) is 4.84. The average molecular weight is 354 g/mol. The van der Waals surface area contributed by atoms with Crippen LogP contribution in [0.15, 0.2) is 30.5 Å². The normalized spacial score (nSPS) is 20.5. The highest BCUT2D eigenvalue weighted by Gasteiger charge is 2.25. The molecule has 6 nitrogen and oxygen atoms in total. The van der Waals surface area contributed by atoms with E-state index in [0.717, 1.165) is 29.8 Å². The van der Waals surface area contributed by atoms with E-state index in [4.69, 9.17) is 9.97 Å². The van der Waals surface area contributed by atoms with E-state index in [0.29, 0.717) is 23.6 Å². The Labute approximate surface area is 152 Å². The Balaban J connectivity index is 1.75. The fourth-order valence-electron chi connectivity index (χ4n) is 3.74. The third kappa shape index (κ3) is 3.21. The van der Waals surface area contributed by atoms with Crippen LogP contribution in [0, 0.1) is 17.7 Å². The van der Waals surface area contributed by atoms with E-state index in [9.17, 15) is 4.39 Å². The van der Waals surface area contributed by atoms with E-state index in [1.165, 1.54) is 18.6 Å². The number of hydrogen-bond acceptors (Lipinski definition) is 5. The monoisotopic (exact) mass is 354 g/mol. The molecule has 26 heavy (non-hydrogen) atoms. The maximum absolute atomic E-state index is 13.2. The molecule has 136 valence electrons. The topological polar surface area (TPSA) is 58.9 Å². The molecule has 0 amide bonds. The molecule has 0 bridgehead atoms. The van der Waals surface area contributed by atoms with Gasteiger partial charge >= 0.3 is 0 Å². The minimum atomic E-state index is -0.262. The second-order valence-electron chi connectivity index (χ2n) is 7.36. The molecular formula is C19H23FN6. The van der Waals surface area contributed by atoms with Gasteiger partial charge in [-0.2, -0.15) is 15.1 Å². The zero-order valence-corrected chi connectivity index (χ0v) is 15.3. The van der Waals surface area contributed by atoms with Crippen LogP contribution < -0.4 is 10.2 Å². The summed E-state index contributed by atoms with van der Waals surface area (Å²) in [5.74, 6) is 2.36. The van der Waals surface area contributed by atoms with Crippen LogP contribution in [-0.4, -0.2) is 32.8 Å². The summed E-state index contributed by atoms with van der Waals surface area (Å²) in [5, 5.41) is 8.46. The molecule has 1 saturated heterocycles. The van der Waals surface area contributed by atoms with Crippen molar-refractivity contribution in [2.75, 3.05) is 23.3 Å². The Kier molecular flexibility index (Phi) is 4.22. The van der Waals surface area contributed by atoms with E-state index in [1.807, 2.05) is 7.05 Å². The van der Waals surface area contributed by atoms with Crippen molar-refractivity contribution in [1.82, 2.24) is 19.7 Å². The Morgan fingerprint density at radius 3 is 2.46 bits per heavy atom. The molecule has 1 aromatic carbocycles. The van der Waals surface area contributed by atoms with Crippen LogP contribution in [0.3, 0.4) is 0 Å². The van der Waals surface area contributed by atoms with E-state index in [1.54, 1.807) is 23.0 Å². The van der Waals surface area contributed by atoms with Crippen molar-refractivity contribution < 1.29 is 4.39 Å². The van der Waals surface area contributed by atoms with E-state index < -0.39 is 0 Å². The van der Waals surface area contributed by atoms with Gasteiger partial charge in [0.1, 0.15) is 11.6 Å². The van der Waals surface area contributed by atoms with Crippen molar-refractivity contribution in [3.8, 4) is 0 Å². The lowest BCUT2D eigenvalue weighted by Gasteiger charge is -2.35. The fraction of sp³-hybridized carbons (Fsp3) is 0.421. The molecule has 1 aliphatic rings. The van der Waals surface area contributed by atoms with Crippen LogP contribution in [0.5, 0.6) is 0 Å². The predicted molar refractivity (Wildman–Crippen MR) is 101 cm³/mol. The van der Waals surface area contributed by atoms with Gasteiger partial charge in [0.25, 0.3) is 0 Å². The first-order valence-corrected chi connectivity index (χ1v) is 8.97. The molecular weight excluding hydrogens is 331 g/mol. The highest BCUT2D eigenvalue weighted by Crippen LogP contribution is 2.29. The number of aryl methyl sites for hydroxylation is 1. The number of piperidine rings is 1. The number of nitrogens with one attached hydrogen (secondary N) is 1. The lowest BCUT2D eigenvalue weighted by molar-refractivity contribution is 0.354. The zero-order chi connectivity index (χ0) is 18.3. The largest absolute Gasteiger partial charge is 0.340 e. The molecule has 1 aliphatic heterocycles. The number of hydrogen-bond donors (Lipinski definition) is 1. The number of fused-ring (bicyclic) bond motifs is 1. The molecule has 3 heterocycles. The Hall–Kier alpha value is -2.70. The molecule has 2 aromatic heterocycles. The summed E-state index contributed by atoms with van der Waals surface area (Å²) in [6.07, 6.45) is 2.98. The van der Waals surface area contributed by atoms with Crippen LogP contribution in [0.4, 0.5) is 21.8 Å². The lowest BCUT2D eigenvalue weighted by Crippen LogP contribution is -2.39. The summed E-state index contributed by atoms with van der Waals surface area (Å²) < 4.78 is 14.9. The first kappa shape index (κ1) is 16.8. The van der Waals surface area contributed by atoms with Crippen molar-refractivity contribution in [1.29, 1.82) is 0 Å². The van der Waals surface area contributed by atoms with Gasteiger partial charge in [0.15, 0.2) is 5.65 Å². The molecule has 1 N–H and O–H groups in total. The summed E-state index contributed by atoms with van der Waals surface area (Å²) in [6.45, 7) is 6.43. The van der Waals surface area contributed by atoms with E-state index in [2.05, 4.69) is 29.2 Å². The first-order valence-electron chi connectivity index (χ1n) is 8.97. The van der Waals surface area contributed by atoms with Crippen LogP contribution in [0.1, 0.15) is 20.3 Å². The van der Waals surface area contributed by atoms with Gasteiger partial charge in [0.05, 0.1) is 11.6 Å². The van der Waals surface area contributed by atoms with Crippen molar-refractivity contribution in [3.05, 3.63) is 36.3 Å². The molecule has 0 aliphatic carbocycles. The Morgan fingerprint density at radius 1 is 1.08 bits per heavy atom. The van der Waals surface area contributed by atoms with E-state index >= 15 is 0 Å². The van der Waals surface area contributed by atoms with Gasteiger partial charge in [-0.25, -0.2) is 4.39 Å². The number of halogens is 1. The Bertz CT molecular complexity index is 910. The molecule has 0 radical (unpaired) electrons. The summed E-state index contributed by atoms with van der Waals surface area (Å²) in [4.78, 5) is 11.8. The maximum Gasteiger partial charge on any atom is 0.229 e. The minimum absolute atomic E-state index is 0.262. The predicted octanol–water partition coefficient (Wildman–Crippen LogP) is 3.73. The fourth-order valence-corrected chi connectivity index (χ4v) is 3.74. The molecule has 3 aromatic rings. The van der Waals surface area contributed by atoms with Gasteiger partial charge in [-0.05, 0) is 42.5 Å². The standard InChI is InChI=1S/C19H23FN6/c1-12-8-13(2)11-26(10-12)19-23-17(16-9-21-25(3)18(16)24-19)22-15-6-4-14(20)5-7-15/h4-7,9,12-13H,8,10-11H2,1-3H3,(H,22,23,24)/t12-,13-/m1/s1. The lowest BCUT2D eigenvalue weighted by atomic mass is 9.92. The number of aromatic nitrogens is 4.